The zero-order valence-corrected chi connectivity index (χ0v) is 15.3. The molecule has 4 rings (SSSR count). The lowest BCUT2D eigenvalue weighted by Gasteiger charge is -2.20. The summed E-state index contributed by atoms with van der Waals surface area (Å²) in [5.74, 6) is 0.859. The summed E-state index contributed by atoms with van der Waals surface area (Å²) in [6, 6.07) is 29.0. The average molecular weight is 354 g/mol. The van der Waals surface area contributed by atoms with E-state index in [0.717, 1.165) is 29.1 Å². The molecule has 3 aromatic rings. The molecular formula is C24H22N2O. The fraction of sp³-hybridized carbons (Fsp3) is 0.125. The number of hydrogen-bond donors (Lipinski definition) is 0. The maximum Gasteiger partial charge on any atom is 0.118 e. The Labute approximate surface area is 160 Å². The van der Waals surface area contributed by atoms with E-state index in [-0.39, 0.29) is 6.04 Å². The Balaban J connectivity index is 1.63. The summed E-state index contributed by atoms with van der Waals surface area (Å²) >= 11 is 0. The molecule has 0 saturated carbocycles. The van der Waals surface area contributed by atoms with Gasteiger partial charge in [0.1, 0.15) is 5.75 Å². The molecule has 0 unspecified atom stereocenters. The Kier molecular flexibility index (Phi) is 5.01. The van der Waals surface area contributed by atoms with Crippen LogP contribution in [0.2, 0.25) is 0 Å². The summed E-state index contributed by atoms with van der Waals surface area (Å²) in [6.07, 6.45) is 5.28. The molecule has 0 fully saturated rings. The van der Waals surface area contributed by atoms with E-state index in [0.29, 0.717) is 0 Å². The van der Waals surface area contributed by atoms with E-state index < -0.39 is 0 Å². The van der Waals surface area contributed by atoms with E-state index in [1.54, 1.807) is 7.11 Å². The summed E-state index contributed by atoms with van der Waals surface area (Å²) in [6.45, 7) is 0. The second-order valence-electron chi connectivity index (χ2n) is 6.50. The van der Waals surface area contributed by atoms with Crippen LogP contribution >= 0.6 is 0 Å². The molecule has 3 aromatic carbocycles. The van der Waals surface area contributed by atoms with Gasteiger partial charge in [-0.05, 0) is 47.5 Å². The summed E-state index contributed by atoms with van der Waals surface area (Å²) in [5.41, 5.74) is 4.52. The number of ether oxygens (including phenoxy) is 1. The van der Waals surface area contributed by atoms with Crippen LogP contribution in [0.15, 0.2) is 96.1 Å². The lowest BCUT2D eigenvalue weighted by Crippen LogP contribution is -2.23. The minimum atomic E-state index is 0.185. The molecule has 0 bridgehead atoms. The van der Waals surface area contributed by atoms with Crippen LogP contribution in [0.1, 0.15) is 17.5 Å². The maximum absolute atomic E-state index is 5.27. The van der Waals surface area contributed by atoms with Crippen LogP contribution in [0.5, 0.6) is 5.75 Å². The van der Waals surface area contributed by atoms with Crippen LogP contribution < -0.4 is 9.75 Å². The van der Waals surface area contributed by atoms with Gasteiger partial charge < -0.3 is 4.74 Å². The number of hydrogen-bond acceptors (Lipinski definition) is 3. The van der Waals surface area contributed by atoms with E-state index in [1.165, 1.54) is 5.56 Å². The topological polar surface area (TPSA) is 24.8 Å². The van der Waals surface area contributed by atoms with Crippen LogP contribution in [-0.2, 0) is 0 Å². The van der Waals surface area contributed by atoms with E-state index in [4.69, 9.17) is 9.84 Å². The molecule has 3 nitrogen and oxygen atoms in total. The average Bonchev–Trinajstić information content (AvgIpc) is 3.18. The molecule has 0 spiro atoms. The molecule has 1 aliphatic heterocycles. The maximum atomic E-state index is 5.27. The minimum absolute atomic E-state index is 0.185. The Morgan fingerprint density at radius 3 is 2.22 bits per heavy atom. The second kappa shape index (κ2) is 7.92. The number of methoxy groups -OCH3 is 1. The number of benzene rings is 3. The third kappa shape index (κ3) is 3.93. The molecular weight excluding hydrogens is 332 g/mol. The van der Waals surface area contributed by atoms with Crippen LogP contribution in [0, 0.1) is 0 Å². The lowest BCUT2D eigenvalue weighted by molar-refractivity contribution is 0.415. The monoisotopic (exact) mass is 354 g/mol. The normalized spacial score (nSPS) is 16.6. The molecule has 0 N–H and O–H groups in total. The Morgan fingerprint density at radius 1 is 0.889 bits per heavy atom. The third-order valence-corrected chi connectivity index (χ3v) is 4.70. The predicted octanol–water partition coefficient (Wildman–Crippen LogP) is 5.39. The summed E-state index contributed by atoms with van der Waals surface area (Å²) in [7, 11) is 1.68. The van der Waals surface area contributed by atoms with E-state index >= 15 is 0 Å². The van der Waals surface area contributed by atoms with Crippen molar-refractivity contribution in [3.63, 3.8) is 0 Å². The van der Waals surface area contributed by atoms with Crippen LogP contribution in [0.3, 0.4) is 0 Å². The van der Waals surface area contributed by atoms with Gasteiger partial charge in [-0.2, -0.15) is 5.10 Å². The number of para-hydroxylation sites is 1. The molecule has 1 aliphatic rings. The quantitative estimate of drug-likeness (QED) is 0.613. The number of rotatable bonds is 5. The van der Waals surface area contributed by atoms with Gasteiger partial charge in [0, 0.05) is 6.42 Å². The van der Waals surface area contributed by atoms with E-state index in [2.05, 4.69) is 65.7 Å². The fourth-order valence-corrected chi connectivity index (χ4v) is 3.25. The molecule has 0 amide bonds. The predicted molar refractivity (Wildman–Crippen MR) is 112 cm³/mol. The van der Waals surface area contributed by atoms with Gasteiger partial charge in [0.05, 0.1) is 24.6 Å². The van der Waals surface area contributed by atoms with E-state index in [9.17, 15) is 0 Å². The highest BCUT2D eigenvalue weighted by molar-refractivity contribution is 6.03. The van der Waals surface area contributed by atoms with E-state index in [1.807, 2.05) is 36.4 Å². The van der Waals surface area contributed by atoms with Crippen LogP contribution in [-0.4, -0.2) is 18.9 Å². The standard InChI is InChI=1S/C24H22N2O/c1-27-23-16-13-20(14-17-23)24-18-22(15-12-19-8-4-2-5-9-19)26(25-24)21-10-6-3-7-11-21/h2-17,22H,18H2,1H3/b15-12+/t22-/m0/s1. The minimum Gasteiger partial charge on any atom is -0.497 e. The molecule has 0 saturated heterocycles. The number of anilines is 1. The van der Waals surface area contributed by atoms with Crippen LogP contribution in [0.25, 0.3) is 6.08 Å². The van der Waals surface area contributed by atoms with Crippen molar-refractivity contribution in [2.24, 2.45) is 5.10 Å². The molecule has 0 aromatic heterocycles. The first-order valence-corrected chi connectivity index (χ1v) is 9.13. The third-order valence-electron chi connectivity index (χ3n) is 4.70. The van der Waals surface area contributed by atoms with Crippen molar-refractivity contribution >= 4 is 17.5 Å². The molecule has 3 heteroatoms. The molecule has 134 valence electrons. The highest BCUT2D eigenvalue weighted by Gasteiger charge is 2.26. The first-order valence-electron chi connectivity index (χ1n) is 9.13. The SMILES string of the molecule is COc1ccc(C2=NN(c3ccccc3)[C@@H](/C=C/c3ccccc3)C2)cc1. The Hall–Kier alpha value is -3.33. The van der Waals surface area contributed by atoms with Gasteiger partial charge >= 0.3 is 0 Å². The van der Waals surface area contributed by atoms with Gasteiger partial charge in [-0.25, -0.2) is 0 Å². The van der Waals surface area contributed by atoms with Crippen molar-refractivity contribution < 1.29 is 4.74 Å². The van der Waals surface area contributed by atoms with Crippen molar-refractivity contribution in [1.29, 1.82) is 0 Å². The van der Waals surface area contributed by atoms with Gasteiger partial charge in [-0.3, -0.25) is 5.01 Å². The number of nitrogens with zero attached hydrogens (tertiary/aromatic N) is 2. The smallest absolute Gasteiger partial charge is 0.118 e. The van der Waals surface area contributed by atoms with Crippen molar-refractivity contribution in [2.75, 3.05) is 12.1 Å². The molecule has 0 radical (unpaired) electrons. The van der Waals surface area contributed by atoms with Gasteiger partial charge in [0.25, 0.3) is 0 Å². The van der Waals surface area contributed by atoms with Gasteiger partial charge in [-0.15, -0.1) is 0 Å². The summed E-state index contributed by atoms with van der Waals surface area (Å²) in [4.78, 5) is 0. The lowest BCUT2D eigenvalue weighted by atomic mass is 10.0. The van der Waals surface area contributed by atoms with Crippen molar-refractivity contribution in [1.82, 2.24) is 0 Å². The van der Waals surface area contributed by atoms with Crippen molar-refractivity contribution in [3.8, 4) is 5.75 Å². The largest absolute Gasteiger partial charge is 0.497 e. The zero-order chi connectivity index (χ0) is 18.5. The molecule has 27 heavy (non-hydrogen) atoms. The highest BCUT2D eigenvalue weighted by atomic mass is 16.5. The number of hydrazone groups is 1. The van der Waals surface area contributed by atoms with Crippen molar-refractivity contribution in [2.45, 2.75) is 12.5 Å². The zero-order valence-electron chi connectivity index (χ0n) is 15.3. The van der Waals surface area contributed by atoms with Gasteiger partial charge in [-0.1, -0.05) is 60.7 Å². The van der Waals surface area contributed by atoms with Crippen LogP contribution in [0.4, 0.5) is 5.69 Å². The van der Waals surface area contributed by atoms with Gasteiger partial charge in [0.2, 0.25) is 0 Å². The first kappa shape index (κ1) is 17.1. The Morgan fingerprint density at radius 2 is 1.56 bits per heavy atom. The second-order valence-corrected chi connectivity index (χ2v) is 6.50. The Bertz CT molecular complexity index is 931. The summed E-state index contributed by atoms with van der Waals surface area (Å²) in [5, 5.41) is 7.05. The first-order chi connectivity index (χ1) is 13.3. The summed E-state index contributed by atoms with van der Waals surface area (Å²) < 4.78 is 5.27. The van der Waals surface area contributed by atoms with Crippen molar-refractivity contribution in [3.05, 3.63) is 102 Å². The van der Waals surface area contributed by atoms with Gasteiger partial charge in [0.15, 0.2) is 0 Å². The highest BCUT2D eigenvalue weighted by Crippen LogP contribution is 2.28. The fourth-order valence-electron chi connectivity index (χ4n) is 3.25. The molecule has 1 atom stereocenters. The molecule has 1 heterocycles. The molecule has 0 aliphatic carbocycles.